The Morgan fingerprint density at radius 2 is 1.64 bits per heavy atom. The van der Waals surface area contributed by atoms with Gasteiger partial charge in [-0.05, 0) is 55.2 Å². The lowest BCUT2D eigenvalue weighted by atomic mass is 9.96. The van der Waals surface area contributed by atoms with Crippen molar-refractivity contribution >= 4 is 49.0 Å². The normalized spacial score (nSPS) is 17.0. The number of carbonyl (C=O) groups excluding carboxylic acids is 1. The molecule has 0 unspecified atom stereocenters. The molecule has 1 amide bonds. The third kappa shape index (κ3) is 6.70. The molecule has 2 aromatic rings. The zero-order valence-electron chi connectivity index (χ0n) is 18.3. The maximum atomic E-state index is 12.8. The monoisotopic (exact) mass is 532 g/mol. The summed E-state index contributed by atoms with van der Waals surface area (Å²) < 4.78 is 50.2. The molecular formula is C22H26Cl2N2O5S2. The molecule has 7 nitrogen and oxygen atoms in total. The predicted molar refractivity (Wildman–Crippen MR) is 129 cm³/mol. The molecule has 0 radical (unpaired) electrons. The first-order valence-electron chi connectivity index (χ1n) is 10.4. The van der Waals surface area contributed by atoms with E-state index >= 15 is 0 Å². The molecule has 0 spiro atoms. The fourth-order valence-electron chi connectivity index (χ4n) is 3.75. The first kappa shape index (κ1) is 26.0. The van der Waals surface area contributed by atoms with Crippen LogP contribution in [0.4, 0.5) is 0 Å². The van der Waals surface area contributed by atoms with E-state index in [1.165, 1.54) is 16.4 Å². The SMILES string of the molecule is C[C@@H](NC(=O)C1CCN(S(=O)(=O)Cc2ccc(Cl)c(Cl)c2)CC1)c1ccc(S(C)(=O)=O)cc1. The lowest BCUT2D eigenvalue weighted by Gasteiger charge is -2.31. The van der Waals surface area contributed by atoms with Gasteiger partial charge in [0.05, 0.1) is 26.7 Å². The molecule has 1 aliphatic heterocycles. The number of hydrogen-bond acceptors (Lipinski definition) is 5. The second kappa shape index (κ2) is 10.3. The largest absolute Gasteiger partial charge is 0.349 e. The zero-order valence-corrected chi connectivity index (χ0v) is 21.4. The highest BCUT2D eigenvalue weighted by atomic mass is 35.5. The number of hydrogen-bond donors (Lipinski definition) is 1. The quantitative estimate of drug-likeness (QED) is 0.584. The van der Waals surface area contributed by atoms with Crippen LogP contribution in [0.3, 0.4) is 0 Å². The van der Waals surface area contributed by atoms with Crippen molar-refractivity contribution in [3.8, 4) is 0 Å². The molecular weight excluding hydrogens is 507 g/mol. The van der Waals surface area contributed by atoms with E-state index in [2.05, 4.69) is 5.32 Å². The Kier molecular flexibility index (Phi) is 8.11. The van der Waals surface area contributed by atoms with Crippen LogP contribution in [0.25, 0.3) is 0 Å². The van der Waals surface area contributed by atoms with Gasteiger partial charge < -0.3 is 5.32 Å². The Balaban J connectivity index is 1.55. The number of nitrogens with one attached hydrogen (secondary N) is 1. The number of piperidine rings is 1. The highest BCUT2D eigenvalue weighted by molar-refractivity contribution is 7.90. The van der Waals surface area contributed by atoms with E-state index in [1.807, 2.05) is 6.92 Å². The Morgan fingerprint density at radius 1 is 1.03 bits per heavy atom. The molecule has 0 aliphatic carbocycles. The summed E-state index contributed by atoms with van der Waals surface area (Å²) in [6, 6.07) is 10.8. The molecule has 1 aliphatic rings. The number of halogens is 2. The topological polar surface area (TPSA) is 101 Å². The molecule has 1 heterocycles. The standard InChI is InChI=1S/C22H26Cl2N2O5S2/c1-15(17-4-6-19(7-5-17)32(2,28)29)25-22(27)18-9-11-26(12-10-18)33(30,31)14-16-3-8-20(23)21(24)13-16/h3-8,13,15,18H,9-12,14H2,1-2H3,(H,25,27)/t15-/m1/s1. The summed E-state index contributed by atoms with van der Waals surface area (Å²) in [5.41, 5.74) is 1.34. The van der Waals surface area contributed by atoms with Gasteiger partial charge in [0.25, 0.3) is 0 Å². The lowest BCUT2D eigenvalue weighted by molar-refractivity contribution is -0.126. The van der Waals surface area contributed by atoms with Crippen molar-refractivity contribution in [3.63, 3.8) is 0 Å². The van der Waals surface area contributed by atoms with Crippen LogP contribution in [0.5, 0.6) is 0 Å². The molecule has 1 fully saturated rings. The van der Waals surface area contributed by atoms with Crippen LogP contribution in [0.1, 0.15) is 36.9 Å². The number of amides is 1. The fraction of sp³-hybridized carbons (Fsp3) is 0.409. The van der Waals surface area contributed by atoms with Crippen molar-refractivity contribution < 1.29 is 21.6 Å². The van der Waals surface area contributed by atoms with E-state index in [0.717, 1.165) is 11.8 Å². The Morgan fingerprint density at radius 3 is 2.18 bits per heavy atom. The van der Waals surface area contributed by atoms with Gasteiger partial charge in [-0.15, -0.1) is 0 Å². The Hall–Kier alpha value is -1.65. The third-order valence-electron chi connectivity index (χ3n) is 5.72. The van der Waals surface area contributed by atoms with Crippen molar-refractivity contribution in [3.05, 3.63) is 63.6 Å². The van der Waals surface area contributed by atoms with E-state index in [4.69, 9.17) is 23.2 Å². The first-order chi connectivity index (χ1) is 15.4. The van der Waals surface area contributed by atoms with Gasteiger partial charge in [0, 0.05) is 25.3 Å². The number of carbonyl (C=O) groups is 1. The number of sulfonamides is 1. The van der Waals surface area contributed by atoms with Crippen LogP contribution < -0.4 is 5.32 Å². The van der Waals surface area contributed by atoms with Crippen molar-refractivity contribution in [2.75, 3.05) is 19.3 Å². The summed E-state index contributed by atoms with van der Waals surface area (Å²) in [6.07, 6.45) is 1.99. The van der Waals surface area contributed by atoms with Gasteiger partial charge in [0.2, 0.25) is 15.9 Å². The van der Waals surface area contributed by atoms with Crippen molar-refractivity contribution in [1.82, 2.24) is 9.62 Å². The van der Waals surface area contributed by atoms with Crippen LogP contribution >= 0.6 is 23.2 Å². The maximum Gasteiger partial charge on any atom is 0.223 e. The minimum absolute atomic E-state index is 0.142. The van der Waals surface area contributed by atoms with E-state index in [-0.39, 0.29) is 41.6 Å². The second-order valence-electron chi connectivity index (χ2n) is 8.25. The number of sulfone groups is 1. The Labute approximate surface area is 205 Å². The first-order valence-corrected chi connectivity index (χ1v) is 14.6. The number of nitrogens with zero attached hydrogens (tertiary/aromatic N) is 1. The van der Waals surface area contributed by atoms with Crippen molar-refractivity contribution in [2.24, 2.45) is 5.92 Å². The van der Waals surface area contributed by atoms with Gasteiger partial charge in [-0.2, -0.15) is 0 Å². The molecule has 33 heavy (non-hydrogen) atoms. The molecule has 0 aromatic heterocycles. The molecule has 180 valence electrons. The average molecular weight is 533 g/mol. The van der Waals surface area contributed by atoms with Crippen LogP contribution in [0, 0.1) is 5.92 Å². The van der Waals surface area contributed by atoms with Crippen molar-refractivity contribution in [2.45, 2.75) is 36.5 Å². The summed E-state index contributed by atoms with van der Waals surface area (Å²) in [6.45, 7) is 2.35. The van der Waals surface area contributed by atoms with E-state index in [9.17, 15) is 21.6 Å². The lowest BCUT2D eigenvalue weighted by Crippen LogP contribution is -2.43. The number of rotatable bonds is 7. The Bertz CT molecular complexity index is 1220. The minimum atomic E-state index is -3.55. The van der Waals surface area contributed by atoms with Gasteiger partial charge in [-0.1, -0.05) is 41.4 Å². The minimum Gasteiger partial charge on any atom is -0.349 e. The van der Waals surface area contributed by atoms with Crippen LogP contribution in [-0.2, 0) is 30.4 Å². The fourth-order valence-corrected chi connectivity index (χ4v) is 6.25. The molecule has 11 heteroatoms. The van der Waals surface area contributed by atoms with Crippen LogP contribution in [-0.4, -0.2) is 46.4 Å². The predicted octanol–water partition coefficient (Wildman–Crippen LogP) is 3.82. The summed E-state index contributed by atoms with van der Waals surface area (Å²) in [5, 5.41) is 3.62. The smallest absolute Gasteiger partial charge is 0.223 e. The van der Waals surface area contributed by atoms with E-state index in [0.29, 0.717) is 28.5 Å². The molecule has 1 atom stereocenters. The van der Waals surface area contributed by atoms with Crippen LogP contribution in [0.15, 0.2) is 47.4 Å². The number of benzene rings is 2. The summed E-state index contributed by atoms with van der Waals surface area (Å²) >= 11 is 11.9. The zero-order chi connectivity index (χ0) is 24.4. The second-order valence-corrected chi connectivity index (χ2v) is 13.0. The van der Waals surface area contributed by atoms with Gasteiger partial charge in [-0.3, -0.25) is 4.79 Å². The highest BCUT2D eigenvalue weighted by Crippen LogP contribution is 2.26. The summed E-state index contributed by atoms with van der Waals surface area (Å²) in [5.74, 6) is -0.614. The van der Waals surface area contributed by atoms with Crippen LogP contribution in [0.2, 0.25) is 10.0 Å². The summed E-state index contributed by atoms with van der Waals surface area (Å²) in [7, 11) is -6.83. The molecule has 0 bridgehead atoms. The summed E-state index contributed by atoms with van der Waals surface area (Å²) in [4.78, 5) is 12.9. The highest BCUT2D eigenvalue weighted by Gasteiger charge is 2.31. The average Bonchev–Trinajstić information content (AvgIpc) is 2.75. The van der Waals surface area contributed by atoms with Gasteiger partial charge in [0.15, 0.2) is 9.84 Å². The van der Waals surface area contributed by atoms with Gasteiger partial charge in [-0.25, -0.2) is 21.1 Å². The molecule has 1 N–H and O–H groups in total. The van der Waals surface area contributed by atoms with Crippen molar-refractivity contribution in [1.29, 1.82) is 0 Å². The maximum absolute atomic E-state index is 12.8. The molecule has 0 saturated carbocycles. The van der Waals surface area contributed by atoms with Gasteiger partial charge >= 0.3 is 0 Å². The van der Waals surface area contributed by atoms with Gasteiger partial charge in [0.1, 0.15) is 0 Å². The third-order valence-corrected chi connectivity index (χ3v) is 9.44. The molecule has 2 aromatic carbocycles. The molecule has 1 saturated heterocycles. The van der Waals surface area contributed by atoms with E-state index < -0.39 is 19.9 Å². The molecule has 3 rings (SSSR count). The van der Waals surface area contributed by atoms with E-state index in [1.54, 1.807) is 30.3 Å².